The van der Waals surface area contributed by atoms with Gasteiger partial charge in [-0.1, -0.05) is 72.8 Å². The highest BCUT2D eigenvalue weighted by Crippen LogP contribution is 2.36. The molecule has 0 spiro atoms. The number of benzene rings is 4. The van der Waals surface area contributed by atoms with Crippen LogP contribution in [-0.4, -0.2) is 57.5 Å². The summed E-state index contributed by atoms with van der Waals surface area (Å²) in [6, 6.07) is 29.0. The quantitative estimate of drug-likeness (QED) is 0.243. The van der Waals surface area contributed by atoms with E-state index < -0.39 is 28.5 Å². The van der Waals surface area contributed by atoms with Crippen molar-refractivity contribution in [3.05, 3.63) is 120 Å². The number of rotatable bonds is 12. The molecule has 0 saturated heterocycles. The molecule has 0 unspecified atom stereocenters. The van der Waals surface area contributed by atoms with Crippen LogP contribution in [-0.2, 0) is 32.6 Å². The van der Waals surface area contributed by atoms with E-state index in [9.17, 15) is 18.0 Å². The molecule has 4 aromatic rings. The normalized spacial score (nSPS) is 13.0. The number of nitrogens with one attached hydrogen (secondary N) is 1. The minimum atomic E-state index is -4.22. The van der Waals surface area contributed by atoms with Crippen molar-refractivity contribution in [3.8, 4) is 11.5 Å². The summed E-state index contributed by atoms with van der Waals surface area (Å²) >= 11 is 0. The van der Waals surface area contributed by atoms with Gasteiger partial charge in [-0.15, -0.1) is 0 Å². The molecule has 45 heavy (non-hydrogen) atoms. The van der Waals surface area contributed by atoms with Crippen molar-refractivity contribution in [2.24, 2.45) is 0 Å². The Hall–Kier alpha value is -4.83. The van der Waals surface area contributed by atoms with Crippen molar-refractivity contribution in [1.29, 1.82) is 0 Å². The molecule has 4 aromatic carbocycles. The second kappa shape index (κ2) is 14.3. The summed E-state index contributed by atoms with van der Waals surface area (Å²) in [6.07, 6.45) is 0.250. The van der Waals surface area contributed by atoms with E-state index in [1.807, 2.05) is 68.4 Å². The number of carbonyl (C=O) groups excluding carboxylic acids is 2. The number of fused-ring (bicyclic) bond motifs is 1. The number of carbonyl (C=O) groups is 2. The zero-order valence-corrected chi connectivity index (χ0v) is 26.2. The van der Waals surface area contributed by atoms with Gasteiger partial charge >= 0.3 is 0 Å². The molecule has 5 rings (SSSR count). The van der Waals surface area contributed by atoms with E-state index in [4.69, 9.17) is 9.47 Å². The van der Waals surface area contributed by atoms with Crippen LogP contribution >= 0.6 is 0 Å². The summed E-state index contributed by atoms with van der Waals surface area (Å²) in [7, 11) is -4.22. The monoisotopic (exact) mass is 627 g/mol. The SMILES string of the molecule is CCNC(=O)[C@@H](Cc1ccccc1)N(Cc1ccccc1C)C(=O)CN(c1ccc2c(c1)OCCO2)S(=O)(=O)c1ccccc1. The van der Waals surface area contributed by atoms with E-state index in [0.29, 0.717) is 31.3 Å². The second-order valence-electron chi connectivity index (χ2n) is 10.7. The van der Waals surface area contributed by atoms with Gasteiger partial charge in [0, 0.05) is 25.6 Å². The topological polar surface area (TPSA) is 105 Å². The second-order valence-corrected chi connectivity index (χ2v) is 12.6. The first-order valence-corrected chi connectivity index (χ1v) is 16.3. The van der Waals surface area contributed by atoms with Gasteiger partial charge in [-0.2, -0.15) is 0 Å². The lowest BCUT2D eigenvalue weighted by atomic mass is 10.0. The van der Waals surface area contributed by atoms with Crippen molar-refractivity contribution in [3.63, 3.8) is 0 Å². The Kier molecular flexibility index (Phi) is 10.0. The molecule has 1 aliphatic heterocycles. The summed E-state index contributed by atoms with van der Waals surface area (Å²) in [4.78, 5) is 29.7. The van der Waals surface area contributed by atoms with Crippen molar-refractivity contribution >= 4 is 27.5 Å². The minimum Gasteiger partial charge on any atom is -0.486 e. The van der Waals surface area contributed by atoms with E-state index in [-0.39, 0.29) is 29.5 Å². The molecule has 0 bridgehead atoms. The Bertz CT molecular complexity index is 1730. The van der Waals surface area contributed by atoms with Gasteiger partial charge in [0.2, 0.25) is 11.8 Å². The first kappa shape index (κ1) is 31.6. The van der Waals surface area contributed by atoms with Crippen molar-refractivity contribution in [2.45, 2.75) is 37.8 Å². The van der Waals surface area contributed by atoms with E-state index >= 15 is 0 Å². The van der Waals surface area contributed by atoms with Crippen LogP contribution in [0.25, 0.3) is 0 Å². The predicted octanol–water partition coefficient (Wildman–Crippen LogP) is 4.74. The van der Waals surface area contributed by atoms with Crippen LogP contribution in [0.3, 0.4) is 0 Å². The highest BCUT2D eigenvalue weighted by Gasteiger charge is 2.35. The fourth-order valence-electron chi connectivity index (χ4n) is 5.25. The Morgan fingerprint density at radius 1 is 0.844 bits per heavy atom. The number of amides is 2. The molecule has 0 aromatic heterocycles. The van der Waals surface area contributed by atoms with Gasteiger partial charge in [0.15, 0.2) is 11.5 Å². The van der Waals surface area contributed by atoms with Gasteiger partial charge in [-0.3, -0.25) is 13.9 Å². The zero-order chi connectivity index (χ0) is 31.8. The minimum absolute atomic E-state index is 0.0303. The van der Waals surface area contributed by atoms with Crippen LogP contribution in [0.4, 0.5) is 5.69 Å². The first-order chi connectivity index (χ1) is 21.8. The number of hydrogen-bond acceptors (Lipinski definition) is 6. The zero-order valence-electron chi connectivity index (χ0n) is 25.4. The molecule has 234 valence electrons. The summed E-state index contributed by atoms with van der Waals surface area (Å²) in [5, 5.41) is 2.88. The third kappa shape index (κ3) is 7.46. The fourth-order valence-corrected chi connectivity index (χ4v) is 6.68. The lowest BCUT2D eigenvalue weighted by Crippen LogP contribution is -2.53. The molecule has 0 fully saturated rings. The molecule has 1 aliphatic rings. The van der Waals surface area contributed by atoms with Gasteiger partial charge in [-0.05, 0) is 54.8 Å². The predicted molar refractivity (Wildman–Crippen MR) is 173 cm³/mol. The summed E-state index contributed by atoms with van der Waals surface area (Å²) in [5.74, 6) is 0.0362. The maximum atomic E-state index is 14.5. The van der Waals surface area contributed by atoms with Crippen LogP contribution < -0.4 is 19.1 Å². The molecule has 1 atom stereocenters. The van der Waals surface area contributed by atoms with Crippen LogP contribution in [0.5, 0.6) is 11.5 Å². The number of likely N-dealkylation sites (N-methyl/N-ethyl adjacent to an activating group) is 1. The smallest absolute Gasteiger partial charge is 0.264 e. The molecular formula is C35H37N3O6S. The van der Waals surface area contributed by atoms with Crippen LogP contribution in [0.15, 0.2) is 108 Å². The average Bonchev–Trinajstić information content (AvgIpc) is 3.06. The maximum Gasteiger partial charge on any atom is 0.264 e. The van der Waals surface area contributed by atoms with Gasteiger partial charge < -0.3 is 19.7 Å². The van der Waals surface area contributed by atoms with Crippen LogP contribution in [0.2, 0.25) is 0 Å². The fraction of sp³-hybridized carbons (Fsp3) is 0.257. The molecule has 1 heterocycles. The third-order valence-electron chi connectivity index (χ3n) is 7.65. The summed E-state index contributed by atoms with van der Waals surface area (Å²) < 4.78 is 40.8. The number of sulfonamides is 1. The van der Waals surface area contributed by atoms with Gasteiger partial charge in [-0.25, -0.2) is 8.42 Å². The molecule has 2 amide bonds. The number of nitrogens with zero attached hydrogens (tertiary/aromatic N) is 2. The highest BCUT2D eigenvalue weighted by molar-refractivity contribution is 7.92. The van der Waals surface area contributed by atoms with E-state index in [1.165, 1.54) is 17.0 Å². The van der Waals surface area contributed by atoms with Crippen molar-refractivity contribution < 1.29 is 27.5 Å². The molecule has 0 saturated carbocycles. The van der Waals surface area contributed by atoms with Crippen LogP contribution in [0, 0.1) is 6.92 Å². The average molecular weight is 628 g/mol. The van der Waals surface area contributed by atoms with Gasteiger partial charge in [0.1, 0.15) is 25.8 Å². The van der Waals surface area contributed by atoms with Gasteiger partial charge in [0.25, 0.3) is 10.0 Å². The third-order valence-corrected chi connectivity index (χ3v) is 9.44. The lowest BCUT2D eigenvalue weighted by Gasteiger charge is -2.34. The van der Waals surface area contributed by atoms with E-state index in [0.717, 1.165) is 21.0 Å². The molecule has 10 heteroatoms. The van der Waals surface area contributed by atoms with E-state index in [2.05, 4.69) is 5.32 Å². The van der Waals surface area contributed by atoms with Gasteiger partial charge in [0.05, 0.1) is 10.6 Å². The standard InChI is InChI=1S/C35H37N3O6S/c1-3-36-35(40)31(22-27-13-6-4-7-14-27)37(24-28-15-11-10-12-26(28)2)34(39)25-38(45(41,42)30-16-8-5-9-17-30)29-18-19-32-33(23-29)44-21-20-43-32/h4-19,23,31H,3,20-22,24-25H2,1-2H3,(H,36,40)/t31-/m1/s1. The number of anilines is 1. The molecule has 0 radical (unpaired) electrons. The van der Waals surface area contributed by atoms with Crippen LogP contribution in [0.1, 0.15) is 23.6 Å². The first-order valence-electron chi connectivity index (χ1n) is 14.9. The molecule has 0 aliphatic carbocycles. The lowest BCUT2D eigenvalue weighted by molar-refractivity contribution is -0.140. The molecule has 1 N–H and O–H groups in total. The number of ether oxygens (including phenoxy) is 2. The Balaban J connectivity index is 1.58. The number of hydrogen-bond donors (Lipinski definition) is 1. The highest BCUT2D eigenvalue weighted by atomic mass is 32.2. The maximum absolute atomic E-state index is 14.5. The van der Waals surface area contributed by atoms with Crippen molar-refractivity contribution in [2.75, 3.05) is 30.6 Å². The number of aryl methyl sites for hydroxylation is 1. The largest absolute Gasteiger partial charge is 0.486 e. The van der Waals surface area contributed by atoms with E-state index in [1.54, 1.807) is 36.4 Å². The summed E-state index contributed by atoms with van der Waals surface area (Å²) in [6.45, 7) is 4.40. The Labute approximate surface area is 264 Å². The Morgan fingerprint density at radius 2 is 1.49 bits per heavy atom. The summed E-state index contributed by atoms with van der Waals surface area (Å²) in [5.41, 5.74) is 2.91. The Morgan fingerprint density at radius 3 is 2.18 bits per heavy atom. The van der Waals surface area contributed by atoms with Crippen molar-refractivity contribution in [1.82, 2.24) is 10.2 Å². The molecule has 9 nitrogen and oxygen atoms in total. The molecular weight excluding hydrogens is 590 g/mol.